The molecule has 0 saturated carbocycles. The van der Waals surface area contributed by atoms with Crippen LogP contribution >= 0.6 is 23.5 Å². The first-order chi connectivity index (χ1) is 10.2. The van der Waals surface area contributed by atoms with Gasteiger partial charge in [0.15, 0.2) is 0 Å². The molecule has 0 atom stereocenters. The van der Waals surface area contributed by atoms with Gasteiger partial charge in [0.1, 0.15) is 0 Å². The minimum absolute atomic E-state index is 0. The van der Waals surface area contributed by atoms with Gasteiger partial charge in [-0.3, -0.25) is 0 Å². The van der Waals surface area contributed by atoms with Crippen LogP contribution in [0.15, 0.2) is 0 Å². The summed E-state index contributed by atoms with van der Waals surface area (Å²) in [7, 11) is -15.8. The van der Waals surface area contributed by atoms with Crippen molar-refractivity contribution in [2.24, 2.45) is 0 Å². The van der Waals surface area contributed by atoms with Crippen LogP contribution in [0.3, 0.4) is 0 Å². The summed E-state index contributed by atoms with van der Waals surface area (Å²) in [5.41, 5.74) is 0. The third-order valence-electron chi connectivity index (χ3n) is 0.500. The van der Waals surface area contributed by atoms with Gasteiger partial charge in [0, 0.05) is 0 Å². The Morgan fingerprint density at radius 3 is 0.552 bits per heavy atom. The molecule has 29 heavy (non-hydrogen) atoms. The molecule has 0 aliphatic carbocycles. The maximum absolute atomic E-state index is 9.34. The average Bonchev–Trinajstić information content (AvgIpc) is 2.04. The van der Waals surface area contributed by atoms with Crippen LogP contribution in [0, 0.1) is 0 Å². The summed E-state index contributed by atoms with van der Waals surface area (Å²) < 4.78 is 92.8. The second kappa shape index (κ2) is 25.9. The molecule has 0 amide bonds. The molecule has 0 bridgehead atoms. The molecule has 0 aromatic heterocycles. The van der Waals surface area contributed by atoms with Gasteiger partial charge in [0.05, 0.1) is 0 Å². The fraction of sp³-hybridized carbons (Fsp3) is 0. The molecule has 172 valence electrons. The van der Waals surface area contributed by atoms with Gasteiger partial charge in [-0.05, 0) is 32.9 Å². The molecule has 0 rings (SSSR count). The first kappa shape index (κ1) is 53.6. The van der Waals surface area contributed by atoms with Crippen molar-refractivity contribution in [3.63, 3.8) is 0 Å². The Labute approximate surface area is 227 Å². The Morgan fingerprint density at radius 1 is 0.448 bits per heavy atom. The van der Waals surface area contributed by atoms with Crippen LogP contribution in [-0.4, -0.2) is 85.3 Å². The van der Waals surface area contributed by atoms with E-state index in [1.165, 1.54) is 0 Å². The summed E-state index contributed by atoms with van der Waals surface area (Å²) in [6.07, 6.45) is 0. The first-order valence-corrected chi connectivity index (χ1v) is 13.3. The Bertz CT molecular complexity index is 613. The SMILES string of the molecule is [Bi+3].[Bi+3].[O]=[V](=[O])[O]P(=O)([O-])[O-].[O]=[V](=[O])[O]P(=O)([O-])[O-].[O]=[V](=[O])[O]P(=O)([O-])[O-].[SiH4].[SiH4].[SiH4]. The largest absolute Gasteiger partial charge is 0.0149 e. The summed E-state index contributed by atoms with van der Waals surface area (Å²) in [4.78, 5) is 56.0. The van der Waals surface area contributed by atoms with Crippen LogP contribution in [-0.2, 0) is 92.3 Å². The summed E-state index contributed by atoms with van der Waals surface area (Å²) in [6.45, 7) is 0. The third-order valence-corrected chi connectivity index (χ3v) is 6.18. The molecule has 0 heterocycles. The van der Waals surface area contributed by atoms with Crippen LogP contribution in [0.25, 0.3) is 0 Å². The van der Waals surface area contributed by atoms with Crippen molar-refractivity contribution in [3.8, 4) is 0 Å². The molecule has 4 radical (unpaired) electrons. The zero-order chi connectivity index (χ0) is 20.4. The molecule has 18 nitrogen and oxygen atoms in total. The van der Waals surface area contributed by atoms with Crippen molar-refractivity contribution in [1.29, 1.82) is 0 Å². The van der Waals surface area contributed by atoms with Crippen LogP contribution in [0.5, 0.6) is 0 Å². The van der Waals surface area contributed by atoms with Gasteiger partial charge < -0.3 is 0 Å². The number of hydrogen-bond acceptors (Lipinski definition) is 18. The minimum atomic E-state index is -5.28. The fourth-order valence-electron chi connectivity index (χ4n) is 0.245. The Balaban J connectivity index is -0.0000000350. The van der Waals surface area contributed by atoms with Crippen molar-refractivity contribution in [2.75, 3.05) is 0 Å². The first-order valence-electron chi connectivity index (χ1n) is 3.83. The molecule has 0 spiro atoms. The predicted molar refractivity (Wildman–Crippen MR) is 75.7 cm³/mol. The van der Waals surface area contributed by atoms with E-state index in [0.717, 1.165) is 0 Å². The van der Waals surface area contributed by atoms with E-state index in [9.17, 15) is 65.1 Å². The number of hydrogen-bond donors (Lipinski definition) is 0. The number of rotatable bonds is 6. The van der Waals surface area contributed by atoms with E-state index in [0.29, 0.717) is 0 Å². The van der Waals surface area contributed by atoms with Crippen LogP contribution in [0.4, 0.5) is 0 Å². The molecule has 0 aromatic carbocycles. The molecule has 0 aromatic rings. The summed E-state index contributed by atoms with van der Waals surface area (Å²) in [5.74, 6) is 0. The molecular formula is H12Bi2O18P3Si3V3. The van der Waals surface area contributed by atoms with Gasteiger partial charge in [-0.1, -0.05) is 0 Å². The van der Waals surface area contributed by atoms with E-state index in [-0.39, 0.29) is 85.3 Å². The molecule has 0 N–H and O–H groups in total. The summed E-state index contributed by atoms with van der Waals surface area (Å²) >= 11 is -12.7. The van der Waals surface area contributed by atoms with Gasteiger partial charge in [-0.2, -0.15) is 0 Å². The molecule has 0 unspecified atom stereocenters. The van der Waals surface area contributed by atoms with Crippen molar-refractivity contribution in [3.05, 3.63) is 0 Å². The Hall–Kier alpha value is 3.30. The maximum atomic E-state index is 9.34. The van der Waals surface area contributed by atoms with Gasteiger partial charge in [0.25, 0.3) is 0 Å². The van der Waals surface area contributed by atoms with Gasteiger partial charge in [-0.15, -0.1) is 0 Å². The number of phosphoric acid groups is 3. The quantitative estimate of drug-likeness (QED) is 0.176. The van der Waals surface area contributed by atoms with Crippen molar-refractivity contribution >= 4 is 109 Å². The van der Waals surface area contributed by atoms with E-state index < -0.39 is 69.7 Å². The maximum Gasteiger partial charge on any atom is -0.0149 e. The standard InChI is InChI=1S/2Bi.3H3O4P.6O.3H4Si.3V/c;;3*1-5(2,3)4;;;;;;;;;;;;/h;;3*(H3,1,2,3,4);;;;;;;3*1H4;;;/q2*+3;;;;;;;;;;;;;3*+1/p-9. The van der Waals surface area contributed by atoms with E-state index in [1.54, 1.807) is 0 Å². The Morgan fingerprint density at radius 2 is 0.552 bits per heavy atom. The van der Waals surface area contributed by atoms with Crippen molar-refractivity contribution in [2.45, 2.75) is 0 Å². The second-order valence-corrected chi connectivity index (χ2v) is 9.82. The summed E-state index contributed by atoms with van der Waals surface area (Å²) in [5, 5.41) is 0. The van der Waals surface area contributed by atoms with E-state index in [4.69, 9.17) is 0 Å². The van der Waals surface area contributed by atoms with E-state index >= 15 is 0 Å². The van der Waals surface area contributed by atoms with Crippen molar-refractivity contribution in [1.82, 2.24) is 0 Å². The van der Waals surface area contributed by atoms with Gasteiger partial charge in [-0.25, -0.2) is 0 Å². The average molecular weight is 1050 g/mol. The van der Waals surface area contributed by atoms with Gasteiger partial charge >= 0.3 is 198 Å². The fourth-order valence-corrected chi connectivity index (χ4v) is 3.03. The van der Waals surface area contributed by atoms with E-state index in [1.807, 2.05) is 0 Å². The molecule has 0 aliphatic rings. The monoisotopic (exact) mass is 1050 g/mol. The van der Waals surface area contributed by atoms with Crippen molar-refractivity contribution < 1.29 is 122 Å². The molecular weight excluding hydrogens is 1040 g/mol. The zero-order valence-electron chi connectivity index (χ0n) is 10.9. The van der Waals surface area contributed by atoms with Crippen LogP contribution < -0.4 is 29.4 Å². The molecule has 0 saturated heterocycles. The topological polar surface area (TPSA) is 320 Å². The van der Waals surface area contributed by atoms with Crippen LogP contribution in [0.2, 0.25) is 0 Å². The van der Waals surface area contributed by atoms with E-state index in [2.05, 4.69) is 10.3 Å². The van der Waals surface area contributed by atoms with Crippen LogP contribution in [0.1, 0.15) is 0 Å². The predicted octanol–water partition coefficient (Wildman–Crippen LogP) is -10.9. The minimum Gasteiger partial charge on any atom is -0.0149 e. The smallest absolute Gasteiger partial charge is 0.0149 e. The Kier molecular flexibility index (Phi) is 47.9. The second-order valence-electron chi connectivity index (χ2n) is 2.26. The molecule has 0 fully saturated rings. The zero-order valence-corrected chi connectivity index (χ0v) is 24.8. The summed E-state index contributed by atoms with van der Waals surface area (Å²) in [6, 6.07) is 0. The molecule has 0 aliphatic heterocycles. The normalized spacial score (nSPS) is 9.31. The third kappa shape index (κ3) is 80.2. The molecule has 29 heteroatoms. The van der Waals surface area contributed by atoms with Gasteiger partial charge in [0.2, 0.25) is 0 Å².